The Kier molecular flexibility index (Phi) is 6.31. The zero-order valence-corrected chi connectivity index (χ0v) is 28.0. The van der Waals surface area contributed by atoms with Crippen LogP contribution in [0, 0.1) is 0 Å². The molecule has 0 unspecified atom stereocenters. The van der Waals surface area contributed by atoms with Crippen molar-refractivity contribution in [2.75, 3.05) is 0 Å². The van der Waals surface area contributed by atoms with Crippen LogP contribution in [0.4, 0.5) is 0 Å². The fraction of sp³-hybridized carbons (Fsp3) is 0.0426. The number of hydrogen-bond donors (Lipinski definition) is 0. The van der Waals surface area contributed by atoms with E-state index in [0.29, 0.717) is 17.5 Å². The molecule has 11 rings (SSSR count). The fourth-order valence-corrected chi connectivity index (χ4v) is 7.95. The Hall–Kier alpha value is -6.85. The van der Waals surface area contributed by atoms with Gasteiger partial charge in [-0.3, -0.25) is 0 Å². The molecule has 7 aromatic carbocycles. The molecule has 3 heterocycles. The number of aryl methyl sites for hydroxylation is 2. The van der Waals surface area contributed by atoms with Gasteiger partial charge in [0.05, 0.1) is 0 Å². The summed E-state index contributed by atoms with van der Waals surface area (Å²) in [5.74, 6) is 1.87. The maximum Gasteiger partial charge on any atom is 0.164 e. The molecule has 5 nitrogen and oxygen atoms in total. The number of fused-ring (bicyclic) bond motifs is 9. The van der Waals surface area contributed by atoms with Gasteiger partial charge in [-0.1, -0.05) is 121 Å². The second-order valence-electron chi connectivity index (χ2n) is 13.5. The zero-order chi connectivity index (χ0) is 34.2. The van der Waals surface area contributed by atoms with Gasteiger partial charge in [0.1, 0.15) is 22.3 Å². The normalized spacial score (nSPS) is 12.5. The van der Waals surface area contributed by atoms with Crippen LogP contribution >= 0.6 is 0 Å². The van der Waals surface area contributed by atoms with E-state index in [1.54, 1.807) is 0 Å². The average molecular weight is 668 g/mol. The minimum Gasteiger partial charge on any atom is -0.456 e. The van der Waals surface area contributed by atoms with Gasteiger partial charge in [-0.25, -0.2) is 15.0 Å². The second kappa shape index (κ2) is 11.3. The molecule has 0 saturated carbocycles. The quantitative estimate of drug-likeness (QED) is 0.187. The molecule has 3 aromatic heterocycles. The van der Waals surface area contributed by atoms with Crippen LogP contribution in [0.5, 0.6) is 0 Å². The molecule has 0 atom stereocenters. The van der Waals surface area contributed by atoms with Gasteiger partial charge in [-0.05, 0) is 71.0 Å². The number of hydrogen-bond acceptors (Lipinski definition) is 5. The highest BCUT2D eigenvalue weighted by Gasteiger charge is 2.22. The zero-order valence-electron chi connectivity index (χ0n) is 28.0. The molecule has 0 spiro atoms. The Labute approximate surface area is 298 Å². The first-order valence-electron chi connectivity index (χ1n) is 17.6. The predicted octanol–water partition coefficient (Wildman–Crippen LogP) is 12.1. The van der Waals surface area contributed by atoms with Gasteiger partial charge < -0.3 is 8.83 Å². The lowest BCUT2D eigenvalue weighted by Gasteiger charge is -2.20. The van der Waals surface area contributed by atoms with Gasteiger partial charge >= 0.3 is 0 Å². The third-order valence-corrected chi connectivity index (χ3v) is 10.5. The minimum absolute atomic E-state index is 0.601. The molecular formula is C47H29N3O2. The van der Waals surface area contributed by atoms with Crippen LogP contribution < -0.4 is 0 Å². The molecular weight excluding hydrogens is 639 g/mol. The fourth-order valence-electron chi connectivity index (χ4n) is 7.95. The summed E-state index contributed by atoms with van der Waals surface area (Å²) < 4.78 is 12.9. The maximum atomic E-state index is 6.69. The SMILES string of the molecule is c1ccc(-c2nc(-c3ccc4c(c3)-c3ccccc3CC4)nc(-c3cccc4oc5c(-c6ccc7c(c6)oc6ccccc67)cccc5c34)n2)cc1. The Morgan fingerprint density at radius 2 is 1.02 bits per heavy atom. The van der Waals surface area contributed by atoms with E-state index in [1.165, 1.54) is 22.3 Å². The molecule has 0 N–H and O–H groups in total. The molecule has 0 bridgehead atoms. The Morgan fingerprint density at radius 1 is 0.365 bits per heavy atom. The standard InChI is InChI=1S/C47H29N3O2/c1-2-11-30(12-3-1)45-48-46(32-23-22-29-21-20-28-10-4-5-13-33(28)39(29)26-32)50-47(49-45)38-17-9-19-41-43(38)37-16-8-15-34(44(37)52-41)31-24-25-36-35-14-6-7-18-40(35)51-42(36)27-31/h1-19,22-27H,20-21H2. The van der Waals surface area contributed by atoms with Crippen molar-refractivity contribution >= 4 is 43.9 Å². The van der Waals surface area contributed by atoms with Crippen LogP contribution in [0.1, 0.15) is 11.1 Å². The number of nitrogens with zero attached hydrogens (tertiary/aromatic N) is 3. The monoisotopic (exact) mass is 667 g/mol. The number of benzene rings is 7. The molecule has 0 amide bonds. The maximum absolute atomic E-state index is 6.69. The highest BCUT2D eigenvalue weighted by Crippen LogP contribution is 2.42. The van der Waals surface area contributed by atoms with E-state index in [4.69, 9.17) is 23.8 Å². The minimum atomic E-state index is 0.601. The number of aromatic nitrogens is 3. The molecule has 0 fully saturated rings. The van der Waals surface area contributed by atoms with Crippen molar-refractivity contribution in [1.82, 2.24) is 15.0 Å². The van der Waals surface area contributed by atoms with E-state index in [2.05, 4.69) is 91.0 Å². The van der Waals surface area contributed by atoms with E-state index in [9.17, 15) is 0 Å². The van der Waals surface area contributed by atoms with E-state index in [1.807, 2.05) is 60.7 Å². The molecule has 0 aliphatic heterocycles. The van der Waals surface area contributed by atoms with Crippen LogP contribution in [0.3, 0.4) is 0 Å². The largest absolute Gasteiger partial charge is 0.456 e. The van der Waals surface area contributed by atoms with Crippen molar-refractivity contribution in [2.24, 2.45) is 0 Å². The van der Waals surface area contributed by atoms with Crippen LogP contribution in [0.2, 0.25) is 0 Å². The lowest BCUT2D eigenvalue weighted by molar-refractivity contribution is 0.668. The van der Waals surface area contributed by atoms with E-state index >= 15 is 0 Å². The van der Waals surface area contributed by atoms with Crippen molar-refractivity contribution < 1.29 is 8.83 Å². The van der Waals surface area contributed by atoms with Gasteiger partial charge in [0.2, 0.25) is 0 Å². The first kappa shape index (κ1) is 28.9. The first-order chi connectivity index (χ1) is 25.7. The van der Waals surface area contributed by atoms with Gasteiger partial charge in [-0.2, -0.15) is 0 Å². The summed E-state index contributed by atoms with van der Waals surface area (Å²) in [5.41, 5.74) is 13.4. The molecule has 244 valence electrons. The van der Waals surface area contributed by atoms with Gasteiger partial charge in [0.25, 0.3) is 0 Å². The molecule has 0 saturated heterocycles. The average Bonchev–Trinajstić information content (AvgIpc) is 3.79. The summed E-state index contributed by atoms with van der Waals surface area (Å²) in [6, 6.07) is 52.5. The second-order valence-corrected chi connectivity index (χ2v) is 13.5. The number of rotatable bonds is 4. The molecule has 10 aromatic rings. The summed E-state index contributed by atoms with van der Waals surface area (Å²) in [7, 11) is 0. The summed E-state index contributed by atoms with van der Waals surface area (Å²) >= 11 is 0. The third kappa shape index (κ3) is 4.53. The lowest BCUT2D eigenvalue weighted by Crippen LogP contribution is -2.05. The number of furan rings is 2. The van der Waals surface area contributed by atoms with Crippen LogP contribution in [-0.4, -0.2) is 15.0 Å². The number of para-hydroxylation sites is 2. The van der Waals surface area contributed by atoms with Crippen molar-refractivity contribution in [3.8, 4) is 56.4 Å². The topological polar surface area (TPSA) is 65.0 Å². The van der Waals surface area contributed by atoms with Crippen LogP contribution in [0.15, 0.2) is 160 Å². The predicted molar refractivity (Wildman–Crippen MR) is 209 cm³/mol. The summed E-state index contributed by atoms with van der Waals surface area (Å²) in [4.78, 5) is 15.4. The summed E-state index contributed by atoms with van der Waals surface area (Å²) in [6.07, 6.45) is 2.07. The molecule has 52 heavy (non-hydrogen) atoms. The Balaban J connectivity index is 1.10. The third-order valence-electron chi connectivity index (χ3n) is 10.5. The van der Waals surface area contributed by atoms with Gasteiger partial charge in [0, 0.05) is 43.8 Å². The van der Waals surface area contributed by atoms with E-state index < -0.39 is 0 Å². The Morgan fingerprint density at radius 3 is 1.94 bits per heavy atom. The van der Waals surface area contributed by atoms with Crippen molar-refractivity contribution in [2.45, 2.75) is 12.8 Å². The van der Waals surface area contributed by atoms with Gasteiger partial charge in [0.15, 0.2) is 17.5 Å². The van der Waals surface area contributed by atoms with Crippen molar-refractivity contribution in [3.63, 3.8) is 0 Å². The van der Waals surface area contributed by atoms with Gasteiger partial charge in [-0.15, -0.1) is 0 Å². The van der Waals surface area contributed by atoms with Crippen LogP contribution in [0.25, 0.3) is 100 Å². The van der Waals surface area contributed by atoms with Crippen molar-refractivity contribution in [3.05, 3.63) is 163 Å². The summed E-state index contributed by atoms with van der Waals surface area (Å²) in [5, 5.41) is 4.19. The lowest BCUT2D eigenvalue weighted by atomic mass is 9.85. The molecule has 1 aliphatic rings. The van der Waals surface area contributed by atoms with E-state index in [-0.39, 0.29) is 0 Å². The summed E-state index contributed by atoms with van der Waals surface area (Å²) in [6.45, 7) is 0. The smallest absolute Gasteiger partial charge is 0.164 e. The molecule has 0 radical (unpaired) electrons. The molecule has 5 heteroatoms. The molecule has 1 aliphatic carbocycles. The van der Waals surface area contributed by atoms with E-state index in [0.717, 1.165) is 84.5 Å². The Bertz CT molecular complexity index is 3030. The first-order valence-corrected chi connectivity index (χ1v) is 17.6. The van der Waals surface area contributed by atoms with Crippen molar-refractivity contribution in [1.29, 1.82) is 0 Å². The highest BCUT2D eigenvalue weighted by molar-refractivity contribution is 6.15. The highest BCUT2D eigenvalue weighted by atomic mass is 16.3. The van der Waals surface area contributed by atoms with Crippen LogP contribution in [-0.2, 0) is 12.8 Å².